The van der Waals surface area contributed by atoms with Gasteiger partial charge < -0.3 is 44.1 Å². The van der Waals surface area contributed by atoms with Crippen molar-refractivity contribution < 1.29 is 48.3 Å². The van der Waals surface area contributed by atoms with Crippen molar-refractivity contribution in [2.75, 3.05) is 40.1 Å². The zero-order chi connectivity index (χ0) is 42.8. The van der Waals surface area contributed by atoms with Gasteiger partial charge in [-0.2, -0.15) is 0 Å². The number of oxime groups is 1. The Morgan fingerprint density at radius 1 is 1.03 bits per heavy atom. The lowest BCUT2D eigenvalue weighted by Gasteiger charge is -2.59. The molecule has 2 amide bonds. The van der Waals surface area contributed by atoms with Crippen LogP contribution in [0.2, 0.25) is 0 Å². The molecule has 3 N–H and O–H groups in total. The van der Waals surface area contributed by atoms with Gasteiger partial charge in [0.2, 0.25) is 12.1 Å². The molecule has 2 heterocycles. The van der Waals surface area contributed by atoms with Crippen molar-refractivity contribution in [2.24, 2.45) is 22.9 Å². The summed E-state index contributed by atoms with van der Waals surface area (Å²) >= 11 is 0. The van der Waals surface area contributed by atoms with Gasteiger partial charge in [-0.3, -0.25) is 4.90 Å². The van der Waals surface area contributed by atoms with Crippen LogP contribution in [0.15, 0.2) is 90.1 Å². The monoisotopic (exact) mass is 839 g/mol. The molecule has 2 aliphatic carbocycles. The van der Waals surface area contributed by atoms with Crippen molar-refractivity contribution in [3.05, 3.63) is 96.1 Å². The molecule has 0 radical (unpaired) electrons. The van der Waals surface area contributed by atoms with Crippen LogP contribution in [-0.2, 0) is 25.6 Å². The molecule has 328 valence electrons. The van der Waals surface area contributed by atoms with E-state index in [2.05, 4.69) is 36.2 Å². The summed E-state index contributed by atoms with van der Waals surface area (Å²) in [7, 11) is 1.38. The van der Waals surface area contributed by atoms with Crippen LogP contribution < -0.4 is 14.8 Å². The van der Waals surface area contributed by atoms with E-state index in [0.29, 0.717) is 49.6 Å². The third-order valence-corrected chi connectivity index (χ3v) is 12.6. The minimum absolute atomic E-state index is 0.0136. The summed E-state index contributed by atoms with van der Waals surface area (Å²) in [5.41, 5.74) is 3.31. The number of amides is 2. The molecule has 7 rings (SSSR count). The predicted octanol–water partition coefficient (Wildman–Crippen LogP) is 8.38. The van der Waals surface area contributed by atoms with Crippen LogP contribution in [0.1, 0.15) is 88.2 Å². The Hall–Kier alpha value is -4.95. The van der Waals surface area contributed by atoms with Gasteiger partial charge in [0.05, 0.1) is 38.5 Å². The normalized spacial score (nSPS) is 26.0. The molecule has 13 nitrogen and oxygen atoms in total. The first-order valence-electron chi connectivity index (χ1n) is 22.0. The zero-order valence-electron chi connectivity index (χ0n) is 35.5. The van der Waals surface area contributed by atoms with Gasteiger partial charge in [-0.25, -0.2) is 9.59 Å². The molecule has 0 bridgehead atoms. The first-order chi connectivity index (χ1) is 29.8. The Morgan fingerprint density at radius 2 is 1.84 bits per heavy atom. The van der Waals surface area contributed by atoms with Crippen LogP contribution in [0.3, 0.4) is 0 Å². The fourth-order valence-corrected chi connectivity index (χ4v) is 9.95. The summed E-state index contributed by atoms with van der Waals surface area (Å²) in [6.45, 7) is 7.28. The maximum Gasteiger partial charge on any atom is 0.412 e. The van der Waals surface area contributed by atoms with Crippen LogP contribution in [0.5, 0.6) is 11.5 Å². The third kappa shape index (κ3) is 9.60. The molecular weight excluding hydrogens is 779 g/mol. The van der Waals surface area contributed by atoms with Gasteiger partial charge in [0.25, 0.3) is 0 Å². The zero-order valence-corrected chi connectivity index (χ0v) is 35.5. The highest BCUT2D eigenvalue weighted by Gasteiger charge is 2.65. The summed E-state index contributed by atoms with van der Waals surface area (Å²) in [4.78, 5) is 35.2. The number of fused-ring (bicyclic) bond motifs is 3. The van der Waals surface area contributed by atoms with Gasteiger partial charge in [-0.15, -0.1) is 6.58 Å². The molecule has 1 saturated heterocycles. The van der Waals surface area contributed by atoms with E-state index in [4.69, 9.17) is 33.7 Å². The first kappa shape index (κ1) is 44.1. The van der Waals surface area contributed by atoms with E-state index in [1.807, 2.05) is 43.3 Å². The second-order valence-corrected chi connectivity index (χ2v) is 16.3. The van der Waals surface area contributed by atoms with Gasteiger partial charge in [-0.1, -0.05) is 72.6 Å². The van der Waals surface area contributed by atoms with Gasteiger partial charge in [-0.05, 0) is 97.4 Å². The Bertz CT molecular complexity index is 2040. The third-order valence-electron chi connectivity index (χ3n) is 12.6. The molecule has 0 spiro atoms. The second-order valence-electron chi connectivity index (χ2n) is 16.3. The molecule has 2 aliphatic heterocycles. The highest BCUT2D eigenvalue weighted by atomic mass is 16.8. The number of aliphatic hydroxyl groups excluding tert-OH is 2. The number of ether oxygens (including phenoxy) is 5. The molecule has 4 aliphatic rings. The van der Waals surface area contributed by atoms with Crippen molar-refractivity contribution in [2.45, 2.75) is 102 Å². The molecular formula is C48H61N3O10. The summed E-state index contributed by atoms with van der Waals surface area (Å²) < 4.78 is 31.8. The van der Waals surface area contributed by atoms with E-state index in [-0.39, 0.29) is 50.5 Å². The fourth-order valence-electron chi connectivity index (χ4n) is 9.95. The second kappa shape index (κ2) is 20.7. The Kier molecular flexibility index (Phi) is 15.0. The average molecular weight is 840 g/mol. The number of methoxy groups -OCH3 is 1. The summed E-state index contributed by atoms with van der Waals surface area (Å²) in [6, 6.07) is 18.8. The highest BCUT2D eigenvalue weighted by Crippen LogP contribution is 2.62. The minimum atomic E-state index is -1.50. The lowest BCUT2D eigenvalue weighted by molar-refractivity contribution is -0.256. The van der Waals surface area contributed by atoms with Gasteiger partial charge in [0.1, 0.15) is 17.5 Å². The Morgan fingerprint density at radius 3 is 2.59 bits per heavy atom. The number of nitrogens with one attached hydrogen (secondary N) is 1. The number of allylic oxidation sites excluding steroid dienone is 1. The molecule has 2 fully saturated rings. The van der Waals surface area contributed by atoms with E-state index >= 15 is 0 Å². The molecule has 1 saturated carbocycles. The van der Waals surface area contributed by atoms with Crippen LogP contribution in [0, 0.1) is 17.8 Å². The number of rotatable bonds is 18. The Labute approximate surface area is 358 Å². The summed E-state index contributed by atoms with van der Waals surface area (Å²) in [5, 5.41) is 29.6. The number of hydrogen-bond acceptors (Lipinski definition) is 11. The number of benzene rings is 3. The molecule has 0 aromatic heterocycles. The SMILES string of the molecule is C=CCO[C@@]12Oc3ccc(OC(=O)NCC)cc3[C@H]3[C@H](CCCCO)[C@@H](CCCCO)C=C(C(=NOC4CCCCO4)C[C@@H]1N(Cc1cccc4ccccc14)C(=O)OC)[C@H]32. The molecule has 13 heteroatoms. The molecule has 1 unspecified atom stereocenters. The maximum absolute atomic E-state index is 14.5. The van der Waals surface area contributed by atoms with Crippen molar-refractivity contribution in [1.82, 2.24) is 10.2 Å². The van der Waals surface area contributed by atoms with Gasteiger partial charge >= 0.3 is 12.2 Å². The molecule has 3 aromatic carbocycles. The largest absolute Gasteiger partial charge is 0.459 e. The Balaban J connectivity index is 1.46. The number of aliphatic hydroxyl groups is 2. The van der Waals surface area contributed by atoms with E-state index in [1.165, 1.54) is 7.11 Å². The quantitative estimate of drug-likeness (QED) is 0.0646. The summed E-state index contributed by atoms with van der Waals surface area (Å²) in [5.74, 6) is -1.44. The van der Waals surface area contributed by atoms with Crippen LogP contribution in [-0.4, -0.2) is 91.2 Å². The van der Waals surface area contributed by atoms with E-state index in [1.54, 1.807) is 17.0 Å². The minimum Gasteiger partial charge on any atom is -0.459 e. The molecule has 7 atom stereocenters. The lowest BCUT2D eigenvalue weighted by Crippen LogP contribution is -2.70. The number of carbonyl (C=O) groups excluding carboxylic acids is 2. The van der Waals surface area contributed by atoms with E-state index in [0.717, 1.165) is 66.0 Å². The number of nitrogens with zero attached hydrogens (tertiary/aromatic N) is 2. The van der Waals surface area contributed by atoms with Gasteiger partial charge in [0.15, 0.2) is 0 Å². The standard InChI is InChI=1S/C48H61N3O10/c1-4-26-58-48-42(51(47(55)56-3)31-34-18-14-17-32-15-6-7-19-36(32)34)30-40(50-61-43-21-10-13-27-57-43)38-28-33(16-8-11-24-52)37(20-9-12-25-53)44(45(38)48)39-29-35(22-23-41(39)60-48)59-46(54)49-5-2/h4,6-7,14-15,17-19,22-23,28-29,33,37,42-45,52-53H,1,5,8-13,16,20-21,24-27,30-31H2,2-3H3,(H,49,54)/t33-,37+,42-,43?,44+,45+,48+/m0/s1. The molecule has 61 heavy (non-hydrogen) atoms. The smallest absolute Gasteiger partial charge is 0.412 e. The lowest BCUT2D eigenvalue weighted by atomic mass is 9.55. The fraction of sp³-hybridized carbons (Fsp3) is 0.521. The number of carbonyl (C=O) groups is 2. The molecule has 3 aromatic rings. The van der Waals surface area contributed by atoms with Crippen molar-refractivity contribution in [3.63, 3.8) is 0 Å². The number of unbranched alkanes of at least 4 members (excludes halogenated alkanes) is 2. The summed E-state index contributed by atoms with van der Waals surface area (Å²) in [6.07, 6.45) is 9.55. The first-order valence-corrected chi connectivity index (χ1v) is 22.0. The number of hydrogen-bond donors (Lipinski definition) is 3. The highest BCUT2D eigenvalue weighted by molar-refractivity contribution is 6.03. The maximum atomic E-state index is 14.5. The average Bonchev–Trinajstić information content (AvgIpc) is 3.28. The van der Waals surface area contributed by atoms with E-state index < -0.39 is 36.2 Å². The van der Waals surface area contributed by atoms with Crippen molar-refractivity contribution in [1.29, 1.82) is 0 Å². The van der Waals surface area contributed by atoms with Crippen LogP contribution in [0.25, 0.3) is 10.8 Å². The van der Waals surface area contributed by atoms with Gasteiger partial charge in [0, 0.05) is 44.1 Å². The van der Waals surface area contributed by atoms with Crippen molar-refractivity contribution >= 4 is 28.7 Å². The van der Waals surface area contributed by atoms with Crippen LogP contribution in [0.4, 0.5) is 9.59 Å². The van der Waals surface area contributed by atoms with Crippen molar-refractivity contribution in [3.8, 4) is 11.5 Å². The topological polar surface area (TPSA) is 158 Å². The van der Waals surface area contributed by atoms with E-state index in [9.17, 15) is 19.8 Å². The van der Waals surface area contributed by atoms with Crippen LogP contribution >= 0.6 is 0 Å². The predicted molar refractivity (Wildman–Crippen MR) is 231 cm³/mol.